The van der Waals surface area contributed by atoms with Crippen LogP contribution < -0.4 is 19.7 Å². The quantitative estimate of drug-likeness (QED) is 0.346. The van der Waals surface area contributed by atoms with E-state index in [0.29, 0.717) is 54.0 Å². The van der Waals surface area contributed by atoms with E-state index in [9.17, 15) is 19.7 Å². The highest BCUT2D eigenvalue weighted by Crippen LogP contribution is 2.26. The van der Waals surface area contributed by atoms with E-state index >= 15 is 0 Å². The molecule has 1 aliphatic heterocycles. The van der Waals surface area contributed by atoms with Crippen LogP contribution in [-0.4, -0.2) is 61.5 Å². The molecule has 10 nitrogen and oxygen atoms in total. The van der Waals surface area contributed by atoms with Gasteiger partial charge in [-0.1, -0.05) is 11.6 Å². The summed E-state index contributed by atoms with van der Waals surface area (Å²) in [5.74, 6) is 0.387. The molecule has 1 saturated heterocycles. The van der Waals surface area contributed by atoms with Crippen molar-refractivity contribution in [3.63, 3.8) is 0 Å². The zero-order valence-electron chi connectivity index (χ0n) is 20.1. The van der Waals surface area contributed by atoms with Crippen LogP contribution in [0, 0.1) is 10.1 Å². The molecule has 4 rings (SSSR count). The van der Waals surface area contributed by atoms with Crippen LogP contribution in [0.1, 0.15) is 10.4 Å². The van der Waals surface area contributed by atoms with Gasteiger partial charge in [-0.3, -0.25) is 19.7 Å². The molecule has 0 saturated carbocycles. The number of nitrogens with zero attached hydrogens (tertiary/aromatic N) is 3. The highest BCUT2D eigenvalue weighted by molar-refractivity contribution is 6.31. The molecule has 0 unspecified atom stereocenters. The number of carbonyl (C=O) groups excluding carboxylic acids is 2. The zero-order valence-corrected chi connectivity index (χ0v) is 20.8. The Bertz CT molecular complexity index is 1280. The van der Waals surface area contributed by atoms with E-state index in [2.05, 4.69) is 10.2 Å². The van der Waals surface area contributed by atoms with Crippen molar-refractivity contribution in [3.8, 4) is 11.5 Å². The van der Waals surface area contributed by atoms with Gasteiger partial charge >= 0.3 is 0 Å². The van der Waals surface area contributed by atoms with Gasteiger partial charge in [0.1, 0.15) is 11.5 Å². The number of non-ortho nitro benzene ring substituents is 1. The number of hydrogen-bond donors (Lipinski definition) is 1. The fourth-order valence-corrected chi connectivity index (χ4v) is 4.12. The minimum atomic E-state index is -0.502. The van der Waals surface area contributed by atoms with Crippen LogP contribution in [0.25, 0.3) is 0 Å². The number of anilines is 2. The van der Waals surface area contributed by atoms with Crippen LogP contribution in [-0.2, 0) is 4.79 Å². The summed E-state index contributed by atoms with van der Waals surface area (Å²) in [7, 11) is 1.52. The van der Waals surface area contributed by atoms with E-state index < -0.39 is 4.92 Å². The van der Waals surface area contributed by atoms with Crippen molar-refractivity contribution in [2.45, 2.75) is 0 Å². The molecule has 2 amide bonds. The molecule has 0 aliphatic carbocycles. The normalized spacial score (nSPS) is 13.1. The molecule has 0 aromatic heterocycles. The first-order valence-corrected chi connectivity index (χ1v) is 11.9. The SMILES string of the molecule is COc1ccc(Cl)cc1C(=O)N1CCN(c2ccc(NC(=O)COc3ccc([N+](=O)[O-])cc3)cc2)CC1. The van der Waals surface area contributed by atoms with Gasteiger partial charge in [0.05, 0.1) is 17.6 Å². The number of nitro groups is 1. The average Bonchev–Trinajstić information content (AvgIpc) is 2.92. The number of rotatable bonds is 8. The molecule has 1 heterocycles. The standard InChI is InChI=1S/C26H25ClN4O6/c1-36-24-11-2-18(27)16-23(24)26(33)30-14-12-29(13-15-30)20-5-3-19(4-6-20)28-25(32)17-37-22-9-7-21(8-10-22)31(34)35/h2-11,16H,12-15,17H2,1H3,(H,28,32). The second kappa shape index (κ2) is 11.6. The fourth-order valence-electron chi connectivity index (χ4n) is 3.95. The number of halogens is 1. The van der Waals surface area contributed by atoms with Crippen molar-refractivity contribution in [1.29, 1.82) is 0 Å². The van der Waals surface area contributed by atoms with Crippen molar-refractivity contribution < 1.29 is 24.0 Å². The summed E-state index contributed by atoms with van der Waals surface area (Å²) in [6.45, 7) is 2.18. The van der Waals surface area contributed by atoms with Gasteiger partial charge in [0, 0.05) is 54.7 Å². The minimum Gasteiger partial charge on any atom is -0.496 e. The van der Waals surface area contributed by atoms with Gasteiger partial charge in [0.15, 0.2) is 6.61 Å². The fraction of sp³-hybridized carbons (Fsp3) is 0.231. The lowest BCUT2D eigenvalue weighted by Crippen LogP contribution is -2.48. The molecular formula is C26H25ClN4O6. The summed E-state index contributed by atoms with van der Waals surface area (Å²) < 4.78 is 10.7. The van der Waals surface area contributed by atoms with Crippen LogP contribution in [0.15, 0.2) is 66.7 Å². The molecule has 0 bridgehead atoms. The molecule has 11 heteroatoms. The van der Waals surface area contributed by atoms with Gasteiger partial charge in [0.25, 0.3) is 17.5 Å². The molecule has 0 atom stereocenters. The van der Waals surface area contributed by atoms with Crippen molar-refractivity contribution in [2.75, 3.05) is 50.1 Å². The molecule has 3 aromatic rings. The van der Waals surface area contributed by atoms with E-state index in [0.717, 1.165) is 5.69 Å². The summed E-state index contributed by atoms with van der Waals surface area (Å²) in [6.07, 6.45) is 0. The van der Waals surface area contributed by atoms with Crippen molar-refractivity contribution in [1.82, 2.24) is 4.90 Å². The van der Waals surface area contributed by atoms with E-state index in [4.69, 9.17) is 21.1 Å². The second-order valence-electron chi connectivity index (χ2n) is 8.26. The third-order valence-electron chi connectivity index (χ3n) is 5.89. The third kappa shape index (κ3) is 6.47. The lowest BCUT2D eigenvalue weighted by molar-refractivity contribution is -0.384. The van der Waals surface area contributed by atoms with Gasteiger partial charge in [-0.05, 0) is 54.6 Å². The summed E-state index contributed by atoms with van der Waals surface area (Å²) in [6, 6.07) is 17.9. The number of hydrogen-bond acceptors (Lipinski definition) is 7. The Labute approximate surface area is 218 Å². The Morgan fingerprint density at radius 1 is 1.00 bits per heavy atom. The average molecular weight is 525 g/mol. The van der Waals surface area contributed by atoms with E-state index in [1.807, 2.05) is 12.1 Å². The Balaban J connectivity index is 1.27. The Kier molecular flexibility index (Phi) is 8.09. The maximum Gasteiger partial charge on any atom is 0.269 e. The Morgan fingerprint density at radius 3 is 2.30 bits per heavy atom. The van der Waals surface area contributed by atoms with E-state index in [-0.39, 0.29) is 24.1 Å². The van der Waals surface area contributed by atoms with Crippen LogP contribution in [0.4, 0.5) is 17.1 Å². The van der Waals surface area contributed by atoms with E-state index in [1.54, 1.807) is 35.2 Å². The molecular weight excluding hydrogens is 500 g/mol. The number of amides is 2. The summed E-state index contributed by atoms with van der Waals surface area (Å²) in [5, 5.41) is 13.9. The van der Waals surface area contributed by atoms with Gasteiger partial charge < -0.3 is 24.6 Å². The Morgan fingerprint density at radius 2 is 1.68 bits per heavy atom. The van der Waals surface area contributed by atoms with Crippen molar-refractivity contribution in [3.05, 3.63) is 87.4 Å². The monoisotopic (exact) mass is 524 g/mol. The molecule has 0 radical (unpaired) electrons. The largest absolute Gasteiger partial charge is 0.496 e. The predicted molar refractivity (Wildman–Crippen MR) is 140 cm³/mol. The first kappa shape index (κ1) is 25.8. The first-order valence-electron chi connectivity index (χ1n) is 11.5. The Hall–Kier alpha value is -4.31. The maximum atomic E-state index is 13.0. The molecule has 192 valence electrons. The summed E-state index contributed by atoms with van der Waals surface area (Å²) >= 11 is 6.08. The van der Waals surface area contributed by atoms with Crippen molar-refractivity contribution >= 4 is 40.5 Å². The van der Waals surface area contributed by atoms with Gasteiger partial charge in [0.2, 0.25) is 0 Å². The number of nitrogens with one attached hydrogen (secondary N) is 1. The number of methoxy groups -OCH3 is 1. The van der Waals surface area contributed by atoms with Crippen LogP contribution >= 0.6 is 11.6 Å². The van der Waals surface area contributed by atoms with Crippen LogP contribution in [0.3, 0.4) is 0 Å². The van der Waals surface area contributed by atoms with Gasteiger partial charge in [-0.25, -0.2) is 0 Å². The highest BCUT2D eigenvalue weighted by Gasteiger charge is 2.24. The summed E-state index contributed by atoms with van der Waals surface area (Å²) in [5.41, 5.74) is 1.99. The number of ether oxygens (including phenoxy) is 2. The number of benzene rings is 3. The highest BCUT2D eigenvalue weighted by atomic mass is 35.5. The number of piperazine rings is 1. The zero-order chi connectivity index (χ0) is 26.4. The lowest BCUT2D eigenvalue weighted by Gasteiger charge is -2.36. The maximum absolute atomic E-state index is 13.0. The first-order chi connectivity index (χ1) is 17.8. The molecule has 1 fully saturated rings. The third-order valence-corrected chi connectivity index (χ3v) is 6.13. The summed E-state index contributed by atoms with van der Waals surface area (Å²) in [4.78, 5) is 39.4. The number of nitro benzene ring substituents is 1. The second-order valence-corrected chi connectivity index (χ2v) is 8.70. The molecule has 3 aromatic carbocycles. The van der Waals surface area contributed by atoms with E-state index in [1.165, 1.54) is 31.4 Å². The van der Waals surface area contributed by atoms with Gasteiger partial charge in [-0.15, -0.1) is 0 Å². The van der Waals surface area contributed by atoms with Gasteiger partial charge in [-0.2, -0.15) is 0 Å². The number of carbonyl (C=O) groups is 2. The van der Waals surface area contributed by atoms with Crippen molar-refractivity contribution in [2.24, 2.45) is 0 Å². The lowest BCUT2D eigenvalue weighted by atomic mass is 10.1. The predicted octanol–water partition coefficient (Wildman–Crippen LogP) is 4.24. The van der Waals surface area contributed by atoms with Crippen LogP contribution in [0.2, 0.25) is 5.02 Å². The molecule has 37 heavy (non-hydrogen) atoms. The molecule has 1 aliphatic rings. The molecule has 0 spiro atoms. The minimum absolute atomic E-state index is 0.0498. The van der Waals surface area contributed by atoms with Crippen LogP contribution in [0.5, 0.6) is 11.5 Å². The molecule has 1 N–H and O–H groups in total. The smallest absolute Gasteiger partial charge is 0.269 e. The topological polar surface area (TPSA) is 114 Å².